The minimum atomic E-state index is -0.510. The van der Waals surface area contributed by atoms with Crippen molar-refractivity contribution in [3.8, 4) is 5.75 Å². The molecule has 0 heterocycles. The summed E-state index contributed by atoms with van der Waals surface area (Å²) in [5.41, 5.74) is 2.80. The number of ether oxygens (including phenoxy) is 1. The minimum Gasteiger partial charge on any atom is -0.493 e. The molecule has 8 nitrogen and oxygen atoms in total. The molecule has 3 amide bonds. The predicted molar refractivity (Wildman–Crippen MR) is 175 cm³/mol. The van der Waals surface area contributed by atoms with Crippen molar-refractivity contribution < 1.29 is 23.9 Å². The summed E-state index contributed by atoms with van der Waals surface area (Å²) in [7, 11) is 0. The Morgan fingerprint density at radius 3 is 2.05 bits per heavy atom. The molecule has 0 aliphatic heterocycles. The number of carbonyl (C=O) groups is 4. The van der Waals surface area contributed by atoms with Gasteiger partial charge in [0, 0.05) is 33.0 Å². The van der Waals surface area contributed by atoms with Gasteiger partial charge in [-0.25, -0.2) is 0 Å². The summed E-state index contributed by atoms with van der Waals surface area (Å²) < 4.78 is 5.70. The third-order valence-electron chi connectivity index (χ3n) is 6.40. The van der Waals surface area contributed by atoms with Gasteiger partial charge in [0.05, 0.1) is 11.9 Å². The Hall–Kier alpha value is -5.15. The molecule has 0 bridgehead atoms. The Labute approximate surface area is 260 Å². The van der Waals surface area contributed by atoms with Gasteiger partial charge in [0.2, 0.25) is 5.91 Å². The summed E-state index contributed by atoms with van der Waals surface area (Å²) in [6, 6.07) is 29.7. The number of anilines is 2. The van der Waals surface area contributed by atoms with Crippen LogP contribution in [0.2, 0.25) is 0 Å². The fourth-order valence-electron chi connectivity index (χ4n) is 4.09. The molecule has 9 heteroatoms. The second kappa shape index (κ2) is 15.4. The van der Waals surface area contributed by atoms with Crippen LogP contribution in [-0.2, 0) is 9.59 Å². The molecule has 0 aliphatic carbocycles. The van der Waals surface area contributed by atoms with Crippen molar-refractivity contribution in [2.45, 2.75) is 30.9 Å². The zero-order chi connectivity index (χ0) is 31.5. The molecule has 1 unspecified atom stereocenters. The summed E-state index contributed by atoms with van der Waals surface area (Å²) in [6.07, 6.45) is 1.58. The van der Waals surface area contributed by atoms with Gasteiger partial charge in [-0.2, -0.15) is 0 Å². The largest absolute Gasteiger partial charge is 0.493 e. The molecule has 44 heavy (non-hydrogen) atoms. The van der Waals surface area contributed by atoms with E-state index in [4.69, 9.17) is 4.74 Å². The zero-order valence-corrected chi connectivity index (χ0v) is 25.4. The molecule has 0 aliphatic rings. The van der Waals surface area contributed by atoms with E-state index in [0.717, 1.165) is 4.90 Å². The lowest BCUT2D eigenvalue weighted by atomic mass is 10.1. The number of carbonyl (C=O) groups excluding carboxylic acids is 4. The highest BCUT2D eigenvalue weighted by Crippen LogP contribution is 2.26. The smallest absolute Gasteiger partial charge is 0.272 e. The first-order valence-electron chi connectivity index (χ1n) is 14.0. The average Bonchev–Trinajstić information content (AvgIpc) is 3.03. The zero-order valence-electron chi connectivity index (χ0n) is 24.6. The van der Waals surface area contributed by atoms with Gasteiger partial charge >= 0.3 is 0 Å². The number of thioether (sulfide) groups is 1. The van der Waals surface area contributed by atoms with Crippen LogP contribution < -0.4 is 20.7 Å². The lowest BCUT2D eigenvalue weighted by molar-refractivity contribution is -0.115. The van der Waals surface area contributed by atoms with Crippen LogP contribution in [0.5, 0.6) is 5.75 Å². The maximum atomic E-state index is 13.4. The van der Waals surface area contributed by atoms with Crippen LogP contribution in [0.25, 0.3) is 6.08 Å². The van der Waals surface area contributed by atoms with Crippen molar-refractivity contribution in [3.63, 3.8) is 0 Å². The van der Waals surface area contributed by atoms with Gasteiger partial charge in [0.15, 0.2) is 5.78 Å². The first-order chi connectivity index (χ1) is 21.2. The Kier molecular flexibility index (Phi) is 11.1. The monoisotopic (exact) mass is 607 g/mol. The van der Waals surface area contributed by atoms with Crippen LogP contribution in [0.3, 0.4) is 0 Å². The van der Waals surface area contributed by atoms with Crippen molar-refractivity contribution in [2.75, 3.05) is 17.2 Å². The van der Waals surface area contributed by atoms with E-state index in [1.54, 1.807) is 85.8 Å². The van der Waals surface area contributed by atoms with Crippen LogP contribution in [-0.4, -0.2) is 35.4 Å². The standard InChI is InChI=1S/C35H33N3O5S/c1-4-43-32-13-9-8-12-27(32)22-31(38-34(41)26-10-6-5-7-11-26)35(42)37-29-18-20-30(21-19-29)44-24(3)33(40)36-28-16-14-25(15-17-28)23(2)39/h5-22,24H,4H2,1-3H3,(H,36,40)(H,37,42)(H,38,41)/b31-22-. The molecule has 1 atom stereocenters. The van der Waals surface area contributed by atoms with Crippen LogP contribution in [0.1, 0.15) is 47.1 Å². The highest BCUT2D eigenvalue weighted by molar-refractivity contribution is 8.00. The SMILES string of the molecule is CCOc1ccccc1/C=C(\NC(=O)c1ccccc1)C(=O)Nc1ccc(SC(C)C(=O)Nc2ccc(C(C)=O)cc2)cc1. The summed E-state index contributed by atoms with van der Waals surface area (Å²) in [5, 5.41) is 8.04. The molecule has 0 spiro atoms. The van der Waals surface area contributed by atoms with Crippen LogP contribution in [0.15, 0.2) is 114 Å². The van der Waals surface area contributed by atoms with E-state index in [1.165, 1.54) is 18.7 Å². The third-order valence-corrected chi connectivity index (χ3v) is 7.51. The summed E-state index contributed by atoms with van der Waals surface area (Å²) in [6.45, 7) is 5.61. The highest BCUT2D eigenvalue weighted by Gasteiger charge is 2.18. The van der Waals surface area contributed by atoms with Gasteiger partial charge in [-0.15, -0.1) is 11.8 Å². The van der Waals surface area contributed by atoms with Crippen LogP contribution >= 0.6 is 11.8 Å². The second-order valence-corrected chi connectivity index (χ2v) is 11.1. The number of amides is 3. The van der Waals surface area contributed by atoms with Gasteiger partial charge in [-0.05, 0) is 93.6 Å². The molecule has 0 aromatic heterocycles. The number of rotatable bonds is 12. The van der Waals surface area contributed by atoms with Crippen molar-refractivity contribution >= 4 is 52.7 Å². The maximum Gasteiger partial charge on any atom is 0.272 e. The van der Waals surface area contributed by atoms with Gasteiger partial charge in [0.25, 0.3) is 11.8 Å². The lowest BCUT2D eigenvalue weighted by Gasteiger charge is -2.14. The van der Waals surface area contributed by atoms with Gasteiger partial charge in [-0.3, -0.25) is 19.2 Å². The third kappa shape index (κ3) is 8.92. The first kappa shape index (κ1) is 31.8. The van der Waals surface area contributed by atoms with E-state index in [9.17, 15) is 19.2 Å². The fourth-order valence-corrected chi connectivity index (χ4v) is 4.96. The normalized spacial score (nSPS) is 11.7. The fraction of sp³-hybridized carbons (Fsp3) is 0.143. The molecule has 3 N–H and O–H groups in total. The van der Waals surface area contributed by atoms with E-state index >= 15 is 0 Å². The Morgan fingerprint density at radius 2 is 1.39 bits per heavy atom. The van der Waals surface area contributed by atoms with Crippen LogP contribution in [0, 0.1) is 0 Å². The highest BCUT2D eigenvalue weighted by atomic mass is 32.2. The van der Waals surface area contributed by atoms with Crippen molar-refractivity contribution in [1.82, 2.24) is 5.32 Å². The number of ketones is 1. The van der Waals surface area contributed by atoms with E-state index in [2.05, 4.69) is 16.0 Å². The first-order valence-corrected chi connectivity index (χ1v) is 14.9. The molecule has 224 valence electrons. The van der Waals surface area contributed by atoms with Gasteiger partial charge < -0.3 is 20.7 Å². The predicted octanol–water partition coefficient (Wildman–Crippen LogP) is 6.82. The number of para-hydroxylation sites is 1. The average molecular weight is 608 g/mol. The second-order valence-electron chi connectivity index (χ2n) is 9.71. The number of benzene rings is 4. The number of nitrogens with one attached hydrogen (secondary N) is 3. The number of hydrogen-bond acceptors (Lipinski definition) is 6. The summed E-state index contributed by atoms with van der Waals surface area (Å²) >= 11 is 1.37. The molecule has 4 aromatic carbocycles. The van der Waals surface area contributed by atoms with Crippen molar-refractivity contribution in [1.29, 1.82) is 0 Å². The number of Topliss-reactive ketones (excluding diaryl/α,β-unsaturated/α-hetero) is 1. The Morgan fingerprint density at radius 1 is 0.773 bits per heavy atom. The van der Waals surface area contributed by atoms with Crippen molar-refractivity contribution in [3.05, 3.63) is 126 Å². The summed E-state index contributed by atoms with van der Waals surface area (Å²) in [4.78, 5) is 51.4. The Bertz CT molecular complexity index is 1650. The topological polar surface area (TPSA) is 114 Å². The molecular weight excluding hydrogens is 574 g/mol. The Balaban J connectivity index is 1.44. The molecule has 0 saturated heterocycles. The van der Waals surface area contributed by atoms with Crippen molar-refractivity contribution in [2.24, 2.45) is 0 Å². The number of hydrogen-bond donors (Lipinski definition) is 3. The van der Waals surface area contributed by atoms with E-state index in [1.807, 2.05) is 37.3 Å². The lowest BCUT2D eigenvalue weighted by Crippen LogP contribution is -2.30. The molecule has 0 saturated carbocycles. The van der Waals surface area contributed by atoms with Crippen LogP contribution in [0.4, 0.5) is 11.4 Å². The van der Waals surface area contributed by atoms with E-state index in [0.29, 0.717) is 40.4 Å². The minimum absolute atomic E-state index is 0.0393. The van der Waals surface area contributed by atoms with Gasteiger partial charge in [-0.1, -0.05) is 36.4 Å². The van der Waals surface area contributed by atoms with E-state index < -0.39 is 17.1 Å². The van der Waals surface area contributed by atoms with Gasteiger partial charge in [0.1, 0.15) is 11.4 Å². The van der Waals surface area contributed by atoms with E-state index in [-0.39, 0.29) is 17.4 Å². The molecule has 4 rings (SSSR count). The maximum absolute atomic E-state index is 13.4. The molecule has 0 radical (unpaired) electrons. The quantitative estimate of drug-likeness (QED) is 0.0926. The molecule has 4 aromatic rings. The summed E-state index contributed by atoms with van der Waals surface area (Å²) in [5.74, 6) is -0.567. The molecular formula is C35H33N3O5S. The molecule has 0 fully saturated rings.